The fourth-order valence-electron chi connectivity index (χ4n) is 1.52. The van der Waals surface area contributed by atoms with E-state index in [2.05, 4.69) is 19.7 Å². The van der Waals surface area contributed by atoms with E-state index in [-0.39, 0.29) is 96.2 Å². The minimum Gasteiger partial charge on any atom is -0.809 e. The molecule has 0 aliphatic rings. The normalized spacial score (nSPS) is 11.0. The molecule has 0 atom stereocenters. The molecule has 2 aromatic rings. The molecule has 23 heavy (non-hydrogen) atoms. The Morgan fingerprint density at radius 3 is 2.61 bits per heavy atom. The summed E-state index contributed by atoms with van der Waals surface area (Å²) in [5, 5.41) is 0. The smallest absolute Gasteiger partial charge is 0.809 e. The molecule has 0 saturated heterocycles. The molecular weight excluding hydrogens is 351 g/mol. The Balaban J connectivity index is 0.00000242. The standard InChI is InChI=1S/C9H14N5O6P.2Na/c10-9-12-7-6(8(15)13-9)11-3-14(7)4-19-1-2-20-5-21(16,17)18;;/h3H,1-2,4-5H2,(H2,16,17,18)(H3,10,12,13,15);;/q;2*+1/p-2. The number of hydrogen-bond acceptors (Lipinski definition) is 9. The largest absolute Gasteiger partial charge is 1.00 e. The number of imidazole rings is 1. The first kappa shape index (κ1) is 23.2. The van der Waals surface area contributed by atoms with E-state index in [4.69, 9.17) is 10.5 Å². The number of nitrogens with one attached hydrogen (secondary N) is 1. The first-order chi connectivity index (χ1) is 9.87. The monoisotopic (exact) mass is 363 g/mol. The zero-order valence-electron chi connectivity index (χ0n) is 12.7. The van der Waals surface area contributed by atoms with E-state index in [1.54, 1.807) is 0 Å². The van der Waals surface area contributed by atoms with Crippen molar-refractivity contribution >= 4 is 24.7 Å². The van der Waals surface area contributed by atoms with Gasteiger partial charge in [0.1, 0.15) is 6.73 Å². The van der Waals surface area contributed by atoms with Gasteiger partial charge in [0.2, 0.25) is 5.95 Å². The number of fused-ring (bicyclic) bond motifs is 1. The van der Waals surface area contributed by atoms with Gasteiger partial charge >= 0.3 is 59.1 Å². The van der Waals surface area contributed by atoms with Crippen LogP contribution in [0.5, 0.6) is 0 Å². The Kier molecular flexibility index (Phi) is 10.4. The van der Waals surface area contributed by atoms with E-state index in [9.17, 15) is 19.1 Å². The molecule has 3 N–H and O–H groups in total. The van der Waals surface area contributed by atoms with Gasteiger partial charge in [-0.05, 0) is 7.60 Å². The van der Waals surface area contributed by atoms with Crippen molar-refractivity contribution in [3.05, 3.63) is 16.7 Å². The molecule has 0 fully saturated rings. The number of nitrogens with two attached hydrogens (primary N) is 1. The molecule has 0 saturated carbocycles. The van der Waals surface area contributed by atoms with Crippen LogP contribution in [0.15, 0.2) is 11.1 Å². The van der Waals surface area contributed by atoms with Gasteiger partial charge < -0.3 is 29.6 Å². The van der Waals surface area contributed by atoms with Crippen LogP contribution >= 0.6 is 7.60 Å². The van der Waals surface area contributed by atoms with Crippen molar-refractivity contribution in [1.82, 2.24) is 19.5 Å². The Morgan fingerprint density at radius 1 is 1.30 bits per heavy atom. The van der Waals surface area contributed by atoms with Gasteiger partial charge in [-0.2, -0.15) is 4.98 Å². The summed E-state index contributed by atoms with van der Waals surface area (Å²) in [4.78, 5) is 42.3. The van der Waals surface area contributed by atoms with E-state index >= 15 is 0 Å². The topological polar surface area (TPSA) is 171 Å². The minimum absolute atomic E-state index is 0. The Bertz CT molecular complexity index is 731. The quantitative estimate of drug-likeness (QED) is 0.275. The molecule has 0 radical (unpaired) electrons. The van der Waals surface area contributed by atoms with Crippen molar-refractivity contribution in [3.8, 4) is 0 Å². The van der Waals surface area contributed by atoms with Crippen molar-refractivity contribution in [2.45, 2.75) is 6.73 Å². The number of nitrogens with zero attached hydrogens (tertiary/aromatic N) is 3. The molecule has 0 bridgehead atoms. The molecule has 14 heteroatoms. The second-order valence-electron chi connectivity index (χ2n) is 4.02. The maximum absolute atomic E-state index is 11.5. The fourth-order valence-corrected chi connectivity index (χ4v) is 1.88. The van der Waals surface area contributed by atoms with Gasteiger partial charge in [0.15, 0.2) is 11.2 Å². The first-order valence-corrected chi connectivity index (χ1v) is 7.47. The zero-order valence-corrected chi connectivity index (χ0v) is 17.6. The van der Waals surface area contributed by atoms with Gasteiger partial charge in [-0.25, -0.2) is 4.98 Å². The average Bonchev–Trinajstić information content (AvgIpc) is 2.75. The first-order valence-electron chi connectivity index (χ1n) is 5.74. The van der Waals surface area contributed by atoms with Gasteiger partial charge in [0, 0.05) is 0 Å². The van der Waals surface area contributed by atoms with E-state index in [1.165, 1.54) is 10.9 Å². The Labute approximate surface area is 174 Å². The molecule has 2 rings (SSSR count). The number of rotatable bonds is 7. The number of anilines is 1. The molecule has 11 nitrogen and oxygen atoms in total. The molecule has 0 spiro atoms. The number of nitrogen functional groups attached to an aromatic ring is 1. The predicted molar refractivity (Wildman–Crippen MR) is 66.9 cm³/mol. The van der Waals surface area contributed by atoms with Crippen LogP contribution in [-0.2, 0) is 20.8 Å². The van der Waals surface area contributed by atoms with Gasteiger partial charge in [-0.3, -0.25) is 14.3 Å². The maximum atomic E-state index is 11.5. The van der Waals surface area contributed by atoms with Crippen LogP contribution in [0.2, 0.25) is 0 Å². The fraction of sp³-hybridized carbons (Fsp3) is 0.444. The van der Waals surface area contributed by atoms with Crippen LogP contribution < -0.4 is 80.2 Å². The predicted octanol–water partition coefficient (Wildman–Crippen LogP) is -8.43. The molecule has 0 aliphatic carbocycles. The van der Waals surface area contributed by atoms with E-state index < -0.39 is 19.5 Å². The number of H-pyrrole nitrogens is 1. The molecule has 0 aliphatic heterocycles. The number of hydrogen-bond donors (Lipinski definition) is 2. The average molecular weight is 363 g/mol. The minimum atomic E-state index is -4.66. The van der Waals surface area contributed by atoms with Gasteiger partial charge in [0.25, 0.3) is 5.56 Å². The third-order valence-electron chi connectivity index (χ3n) is 2.34. The molecule has 0 amide bonds. The summed E-state index contributed by atoms with van der Waals surface area (Å²) < 4.78 is 21.6. The zero-order chi connectivity index (χ0) is 15.5. The molecule has 116 valence electrons. The van der Waals surface area contributed by atoms with Gasteiger partial charge in [-0.15, -0.1) is 0 Å². The summed E-state index contributed by atoms with van der Waals surface area (Å²) in [7, 11) is -4.66. The van der Waals surface area contributed by atoms with Crippen LogP contribution in [0.4, 0.5) is 5.95 Å². The van der Waals surface area contributed by atoms with E-state index in [0.29, 0.717) is 0 Å². The number of aromatic nitrogens is 4. The Hall–Kier alpha value is 0.220. The summed E-state index contributed by atoms with van der Waals surface area (Å²) in [6.45, 7) is 0.0117. The van der Waals surface area contributed by atoms with Crippen molar-refractivity contribution in [3.63, 3.8) is 0 Å². The second-order valence-corrected chi connectivity index (χ2v) is 5.50. The summed E-state index contributed by atoms with van der Waals surface area (Å²) in [5.41, 5.74) is 5.37. The molecular formula is C9H12N5Na2O6P. The molecule has 0 unspecified atom stereocenters. The Morgan fingerprint density at radius 2 is 1.96 bits per heavy atom. The van der Waals surface area contributed by atoms with E-state index in [0.717, 1.165) is 0 Å². The van der Waals surface area contributed by atoms with Crippen LogP contribution in [0, 0.1) is 0 Å². The summed E-state index contributed by atoms with van der Waals surface area (Å²) >= 11 is 0. The summed E-state index contributed by atoms with van der Waals surface area (Å²) in [6.07, 6.45) is 0.481. The van der Waals surface area contributed by atoms with Gasteiger partial charge in [-0.1, -0.05) is 0 Å². The van der Waals surface area contributed by atoms with Gasteiger partial charge in [0.05, 0.1) is 25.9 Å². The molecule has 2 heterocycles. The van der Waals surface area contributed by atoms with Crippen LogP contribution in [0.1, 0.15) is 0 Å². The van der Waals surface area contributed by atoms with Crippen LogP contribution in [-0.4, -0.2) is 39.1 Å². The second kappa shape index (κ2) is 10.3. The number of aromatic amines is 1. The van der Waals surface area contributed by atoms with Crippen molar-refractivity contribution in [2.24, 2.45) is 0 Å². The SMILES string of the molecule is Nc1nc2c(ncn2COCCOCP(=O)([O-])[O-])c(=O)[nH]1.[Na+].[Na+]. The molecule has 0 aromatic carbocycles. The van der Waals surface area contributed by atoms with Crippen molar-refractivity contribution < 1.29 is 82.9 Å². The molecule has 2 aromatic heterocycles. The van der Waals surface area contributed by atoms with Crippen molar-refractivity contribution in [1.29, 1.82) is 0 Å². The van der Waals surface area contributed by atoms with Crippen LogP contribution in [0.25, 0.3) is 11.2 Å². The third-order valence-corrected chi connectivity index (χ3v) is 2.84. The maximum Gasteiger partial charge on any atom is 1.00 e. The van der Waals surface area contributed by atoms with E-state index in [1.807, 2.05) is 0 Å². The third kappa shape index (κ3) is 7.32. The summed E-state index contributed by atoms with van der Waals surface area (Å²) in [5.74, 6) is -0.0424. The number of ether oxygens (including phenoxy) is 2. The van der Waals surface area contributed by atoms with Crippen molar-refractivity contribution in [2.75, 3.05) is 25.3 Å². The summed E-state index contributed by atoms with van der Waals surface area (Å²) in [6, 6.07) is 0. The van der Waals surface area contributed by atoms with Crippen LogP contribution in [0.3, 0.4) is 0 Å².